The van der Waals surface area contributed by atoms with Crippen molar-refractivity contribution in [3.05, 3.63) is 52.7 Å². The predicted octanol–water partition coefficient (Wildman–Crippen LogP) is 3.92. The number of benzene rings is 1. The zero-order chi connectivity index (χ0) is 14.8. The Morgan fingerprint density at radius 2 is 2.05 bits per heavy atom. The summed E-state index contributed by atoms with van der Waals surface area (Å²) in [6, 6.07) is 8.21. The van der Waals surface area contributed by atoms with Crippen LogP contribution in [0.4, 0.5) is 0 Å². The second kappa shape index (κ2) is 5.93. The first-order valence-electron chi connectivity index (χ1n) is 7.55. The Labute approximate surface area is 133 Å². The van der Waals surface area contributed by atoms with E-state index in [4.69, 9.17) is 4.74 Å². The molecule has 4 rings (SSSR count). The molecule has 22 heavy (non-hydrogen) atoms. The minimum absolute atomic E-state index is 0.572. The van der Waals surface area contributed by atoms with E-state index in [1.807, 2.05) is 30.0 Å². The number of imidazole rings is 1. The van der Waals surface area contributed by atoms with Gasteiger partial charge in [0, 0.05) is 30.2 Å². The molecule has 0 aliphatic carbocycles. The molecule has 4 nitrogen and oxygen atoms in total. The maximum absolute atomic E-state index is 5.78. The van der Waals surface area contributed by atoms with Gasteiger partial charge in [-0.05, 0) is 43.5 Å². The van der Waals surface area contributed by atoms with Crippen LogP contribution in [0.3, 0.4) is 0 Å². The third kappa shape index (κ3) is 2.64. The van der Waals surface area contributed by atoms with E-state index in [0.717, 1.165) is 35.0 Å². The molecule has 1 aromatic carbocycles. The summed E-state index contributed by atoms with van der Waals surface area (Å²) in [5.41, 5.74) is 4.33. The van der Waals surface area contributed by atoms with Crippen molar-refractivity contribution in [3.63, 3.8) is 0 Å². The molecule has 0 amide bonds. The number of thiazole rings is 1. The highest BCUT2D eigenvalue weighted by molar-refractivity contribution is 7.09. The summed E-state index contributed by atoms with van der Waals surface area (Å²) in [6.45, 7) is 1.65. The Morgan fingerprint density at radius 1 is 1.14 bits per heavy atom. The van der Waals surface area contributed by atoms with E-state index in [0.29, 0.717) is 6.61 Å². The molecular weight excluding hydrogens is 294 g/mol. The smallest absolute Gasteiger partial charge is 0.140 e. The highest BCUT2D eigenvalue weighted by Crippen LogP contribution is 2.26. The Kier molecular flexibility index (Phi) is 3.64. The molecule has 0 bridgehead atoms. The third-order valence-corrected chi connectivity index (χ3v) is 4.73. The summed E-state index contributed by atoms with van der Waals surface area (Å²) < 4.78 is 8.12. The molecule has 0 saturated heterocycles. The number of aromatic nitrogens is 3. The van der Waals surface area contributed by atoms with Crippen LogP contribution in [0, 0.1) is 0 Å². The average Bonchev–Trinajstić information content (AvgIpc) is 3.23. The zero-order valence-corrected chi connectivity index (χ0v) is 13.1. The van der Waals surface area contributed by atoms with E-state index >= 15 is 0 Å². The normalized spacial score (nSPS) is 13.8. The number of nitrogens with zero attached hydrogens (tertiary/aromatic N) is 3. The number of hydrogen-bond acceptors (Lipinski definition) is 4. The van der Waals surface area contributed by atoms with Crippen molar-refractivity contribution in [1.82, 2.24) is 14.5 Å². The van der Waals surface area contributed by atoms with Crippen molar-refractivity contribution in [2.45, 2.75) is 32.4 Å². The summed E-state index contributed by atoms with van der Waals surface area (Å²) in [5.74, 6) is 1.95. The van der Waals surface area contributed by atoms with Crippen LogP contribution in [0.2, 0.25) is 0 Å². The molecule has 5 heteroatoms. The summed E-state index contributed by atoms with van der Waals surface area (Å²) in [4.78, 5) is 9.78. The largest absolute Gasteiger partial charge is 0.488 e. The molecule has 0 radical (unpaired) electrons. The van der Waals surface area contributed by atoms with Gasteiger partial charge in [0.15, 0.2) is 0 Å². The molecule has 1 aliphatic rings. The fourth-order valence-corrected chi connectivity index (χ4v) is 3.34. The monoisotopic (exact) mass is 311 g/mol. The van der Waals surface area contributed by atoms with Gasteiger partial charge >= 0.3 is 0 Å². The van der Waals surface area contributed by atoms with E-state index in [9.17, 15) is 0 Å². The lowest BCUT2D eigenvalue weighted by molar-refractivity contribution is 0.309. The van der Waals surface area contributed by atoms with Gasteiger partial charge in [-0.25, -0.2) is 4.98 Å². The van der Waals surface area contributed by atoms with Gasteiger partial charge in [-0.2, -0.15) is 0 Å². The molecule has 0 atom stereocenters. The van der Waals surface area contributed by atoms with Crippen LogP contribution in [-0.2, 0) is 19.6 Å². The summed E-state index contributed by atoms with van der Waals surface area (Å²) in [5, 5.41) is 0. The Morgan fingerprint density at radius 3 is 2.86 bits per heavy atom. The number of aryl methyl sites for hydroxylation is 1. The zero-order valence-electron chi connectivity index (χ0n) is 12.2. The van der Waals surface area contributed by atoms with Crippen LogP contribution in [0.15, 0.2) is 42.2 Å². The molecule has 1 aliphatic heterocycles. The van der Waals surface area contributed by atoms with Crippen LogP contribution < -0.4 is 4.74 Å². The van der Waals surface area contributed by atoms with Crippen LogP contribution in [-0.4, -0.2) is 14.5 Å². The molecule has 3 aromatic rings. The number of fused-ring (bicyclic) bond motifs is 1. The van der Waals surface area contributed by atoms with E-state index in [1.54, 1.807) is 11.3 Å². The minimum atomic E-state index is 0.572. The fourth-order valence-electron chi connectivity index (χ4n) is 2.83. The van der Waals surface area contributed by atoms with Crippen molar-refractivity contribution >= 4 is 11.3 Å². The lowest BCUT2D eigenvalue weighted by Crippen LogP contribution is -2.10. The molecule has 0 unspecified atom stereocenters. The quantitative estimate of drug-likeness (QED) is 0.733. The number of hydrogen-bond donors (Lipinski definition) is 0. The van der Waals surface area contributed by atoms with Gasteiger partial charge in [0.25, 0.3) is 0 Å². The van der Waals surface area contributed by atoms with Gasteiger partial charge in [-0.3, -0.25) is 4.98 Å². The average molecular weight is 311 g/mol. The van der Waals surface area contributed by atoms with E-state index in [1.165, 1.54) is 18.5 Å². The van der Waals surface area contributed by atoms with Crippen molar-refractivity contribution in [3.8, 4) is 17.1 Å². The standard InChI is InChI=1S/C17H17N3OS/c1-2-8-20-14(3-1)9-19-17(20)13-4-6-15(7-5-13)21-11-16-10-18-12-22-16/h4-7,9-10,12H,1-3,8,11H2. The lowest BCUT2D eigenvalue weighted by Gasteiger charge is -2.16. The maximum atomic E-state index is 5.78. The molecule has 112 valence electrons. The maximum Gasteiger partial charge on any atom is 0.140 e. The van der Waals surface area contributed by atoms with Crippen LogP contribution in [0.5, 0.6) is 5.75 Å². The first-order chi connectivity index (χ1) is 10.9. The molecular formula is C17H17N3OS. The van der Waals surface area contributed by atoms with E-state index in [-0.39, 0.29) is 0 Å². The highest BCUT2D eigenvalue weighted by Gasteiger charge is 2.15. The molecule has 0 saturated carbocycles. The van der Waals surface area contributed by atoms with Crippen molar-refractivity contribution in [2.75, 3.05) is 0 Å². The number of rotatable bonds is 4. The van der Waals surface area contributed by atoms with Crippen LogP contribution >= 0.6 is 11.3 Å². The lowest BCUT2D eigenvalue weighted by atomic mass is 10.1. The van der Waals surface area contributed by atoms with E-state index < -0.39 is 0 Å². The minimum Gasteiger partial charge on any atom is -0.488 e. The molecule has 2 aromatic heterocycles. The second-order valence-electron chi connectivity index (χ2n) is 5.46. The van der Waals surface area contributed by atoms with Crippen molar-refractivity contribution in [1.29, 1.82) is 0 Å². The van der Waals surface area contributed by atoms with Gasteiger partial charge < -0.3 is 9.30 Å². The van der Waals surface area contributed by atoms with Crippen molar-refractivity contribution in [2.24, 2.45) is 0 Å². The molecule has 3 heterocycles. The fraction of sp³-hybridized carbons (Fsp3) is 0.294. The highest BCUT2D eigenvalue weighted by atomic mass is 32.1. The Bertz CT molecular complexity index is 747. The van der Waals surface area contributed by atoms with Gasteiger partial charge in [-0.1, -0.05) is 0 Å². The second-order valence-corrected chi connectivity index (χ2v) is 6.43. The third-order valence-electron chi connectivity index (χ3n) is 3.98. The van der Waals surface area contributed by atoms with Crippen molar-refractivity contribution < 1.29 is 4.74 Å². The van der Waals surface area contributed by atoms with Gasteiger partial charge in [0.2, 0.25) is 0 Å². The van der Waals surface area contributed by atoms with Gasteiger partial charge in [0.05, 0.1) is 10.4 Å². The van der Waals surface area contributed by atoms with Crippen LogP contribution in [0.25, 0.3) is 11.4 Å². The Balaban J connectivity index is 1.51. The summed E-state index contributed by atoms with van der Waals surface area (Å²) >= 11 is 1.61. The topological polar surface area (TPSA) is 39.9 Å². The first-order valence-corrected chi connectivity index (χ1v) is 8.43. The van der Waals surface area contributed by atoms with Gasteiger partial charge in [-0.15, -0.1) is 11.3 Å². The summed E-state index contributed by atoms with van der Waals surface area (Å²) in [7, 11) is 0. The predicted molar refractivity (Wildman–Crippen MR) is 87.0 cm³/mol. The van der Waals surface area contributed by atoms with E-state index in [2.05, 4.69) is 26.7 Å². The molecule has 0 fully saturated rings. The number of ether oxygens (including phenoxy) is 1. The van der Waals surface area contributed by atoms with Crippen LogP contribution in [0.1, 0.15) is 23.4 Å². The summed E-state index contributed by atoms with van der Waals surface area (Å²) in [6.07, 6.45) is 7.52. The first kappa shape index (κ1) is 13.5. The molecule has 0 N–H and O–H groups in total. The Hall–Kier alpha value is -2.14. The van der Waals surface area contributed by atoms with Gasteiger partial charge in [0.1, 0.15) is 18.2 Å². The molecule has 0 spiro atoms. The SMILES string of the molecule is c1ncc(COc2ccc(-c3ncc4n3CCCC4)cc2)s1.